The van der Waals surface area contributed by atoms with Gasteiger partial charge in [-0.05, 0) is 44.5 Å². The van der Waals surface area contributed by atoms with E-state index in [0.717, 1.165) is 5.56 Å². The standard InChI is InChI=1S/C16H24N2O5S/c1-4-23-15-6-5-14(11-12(15)2)24(20,21)17-13(3)16(19)18-7-9-22-10-8-18/h5-6,11,13,17H,4,7-10H2,1-3H3/t13-/m1/s1. The number of amides is 1. The summed E-state index contributed by atoms with van der Waals surface area (Å²) in [6.07, 6.45) is 0. The molecule has 1 N–H and O–H groups in total. The summed E-state index contributed by atoms with van der Waals surface area (Å²) in [5.41, 5.74) is 0.729. The smallest absolute Gasteiger partial charge is 0.241 e. The van der Waals surface area contributed by atoms with Gasteiger partial charge in [0.1, 0.15) is 5.75 Å². The number of ether oxygens (including phenoxy) is 2. The van der Waals surface area contributed by atoms with E-state index >= 15 is 0 Å². The minimum atomic E-state index is -3.78. The zero-order valence-corrected chi connectivity index (χ0v) is 15.1. The molecule has 1 heterocycles. The topological polar surface area (TPSA) is 84.9 Å². The van der Waals surface area contributed by atoms with Gasteiger partial charge in [-0.15, -0.1) is 0 Å². The van der Waals surface area contributed by atoms with Crippen LogP contribution in [0.2, 0.25) is 0 Å². The normalized spacial score (nSPS) is 16.7. The first-order valence-electron chi connectivity index (χ1n) is 7.97. The average Bonchev–Trinajstić information content (AvgIpc) is 2.56. The van der Waals surface area contributed by atoms with Crippen LogP contribution in [0.5, 0.6) is 5.75 Å². The van der Waals surface area contributed by atoms with Crippen LogP contribution in [0.1, 0.15) is 19.4 Å². The van der Waals surface area contributed by atoms with E-state index < -0.39 is 16.1 Å². The maximum Gasteiger partial charge on any atom is 0.241 e. The lowest BCUT2D eigenvalue weighted by Gasteiger charge is -2.29. The number of morpholine rings is 1. The van der Waals surface area contributed by atoms with Gasteiger partial charge in [0.2, 0.25) is 15.9 Å². The summed E-state index contributed by atoms with van der Waals surface area (Å²) in [4.78, 5) is 14.1. The molecule has 1 aromatic carbocycles. The van der Waals surface area contributed by atoms with Crippen LogP contribution in [-0.2, 0) is 19.6 Å². The summed E-state index contributed by atoms with van der Waals surface area (Å²) in [6, 6.07) is 3.81. The van der Waals surface area contributed by atoms with Crippen LogP contribution in [-0.4, -0.2) is 58.2 Å². The van der Waals surface area contributed by atoms with Crippen molar-refractivity contribution in [1.29, 1.82) is 0 Å². The van der Waals surface area contributed by atoms with Crippen molar-refractivity contribution in [3.05, 3.63) is 23.8 Å². The van der Waals surface area contributed by atoms with Crippen LogP contribution in [0.4, 0.5) is 0 Å². The molecule has 1 atom stereocenters. The number of sulfonamides is 1. The molecular weight excluding hydrogens is 332 g/mol. The van der Waals surface area contributed by atoms with Crippen LogP contribution in [0.25, 0.3) is 0 Å². The highest BCUT2D eigenvalue weighted by Gasteiger charge is 2.27. The van der Waals surface area contributed by atoms with Crippen LogP contribution in [0.3, 0.4) is 0 Å². The summed E-state index contributed by atoms with van der Waals surface area (Å²) in [5, 5.41) is 0. The first-order chi connectivity index (χ1) is 11.3. The largest absolute Gasteiger partial charge is 0.494 e. The van der Waals surface area contributed by atoms with Gasteiger partial charge in [0.25, 0.3) is 0 Å². The molecule has 0 aromatic heterocycles. The van der Waals surface area contributed by atoms with Crippen molar-refractivity contribution >= 4 is 15.9 Å². The van der Waals surface area contributed by atoms with E-state index in [1.807, 2.05) is 6.92 Å². The van der Waals surface area contributed by atoms with Crippen molar-refractivity contribution in [1.82, 2.24) is 9.62 Å². The molecular formula is C16H24N2O5S. The molecule has 1 aliphatic rings. The molecule has 8 heteroatoms. The monoisotopic (exact) mass is 356 g/mol. The van der Waals surface area contributed by atoms with Gasteiger partial charge >= 0.3 is 0 Å². The van der Waals surface area contributed by atoms with Crippen LogP contribution in [0, 0.1) is 6.92 Å². The van der Waals surface area contributed by atoms with Crippen molar-refractivity contribution in [2.24, 2.45) is 0 Å². The molecule has 0 saturated carbocycles. The number of rotatable bonds is 6. The minimum absolute atomic E-state index is 0.116. The quantitative estimate of drug-likeness (QED) is 0.819. The Labute approximate surface area is 143 Å². The Balaban J connectivity index is 2.09. The van der Waals surface area contributed by atoms with Gasteiger partial charge in [0, 0.05) is 13.1 Å². The minimum Gasteiger partial charge on any atom is -0.494 e. The van der Waals surface area contributed by atoms with Gasteiger partial charge in [-0.2, -0.15) is 4.72 Å². The molecule has 24 heavy (non-hydrogen) atoms. The maximum atomic E-state index is 12.5. The van der Waals surface area contributed by atoms with Gasteiger partial charge in [0.05, 0.1) is 30.8 Å². The number of carbonyl (C=O) groups is 1. The predicted molar refractivity (Wildman–Crippen MR) is 89.5 cm³/mol. The van der Waals surface area contributed by atoms with Gasteiger partial charge in [-0.1, -0.05) is 0 Å². The molecule has 1 saturated heterocycles. The predicted octanol–water partition coefficient (Wildman–Crippen LogP) is 0.919. The lowest BCUT2D eigenvalue weighted by atomic mass is 10.2. The van der Waals surface area contributed by atoms with E-state index in [0.29, 0.717) is 38.7 Å². The number of nitrogens with one attached hydrogen (secondary N) is 1. The second-order valence-electron chi connectivity index (χ2n) is 5.64. The molecule has 0 unspecified atom stereocenters. The third-order valence-corrected chi connectivity index (χ3v) is 5.32. The zero-order valence-electron chi connectivity index (χ0n) is 14.2. The molecule has 134 valence electrons. The number of nitrogens with zero attached hydrogens (tertiary/aromatic N) is 1. The zero-order chi connectivity index (χ0) is 17.7. The van der Waals surface area contributed by atoms with E-state index in [1.165, 1.54) is 6.07 Å². The van der Waals surface area contributed by atoms with Crippen LogP contribution in [0.15, 0.2) is 23.1 Å². The fourth-order valence-electron chi connectivity index (χ4n) is 2.52. The van der Waals surface area contributed by atoms with Crippen molar-refractivity contribution in [2.75, 3.05) is 32.9 Å². The van der Waals surface area contributed by atoms with Crippen LogP contribution >= 0.6 is 0 Å². The third-order valence-electron chi connectivity index (χ3n) is 3.78. The second-order valence-corrected chi connectivity index (χ2v) is 7.35. The van der Waals surface area contributed by atoms with E-state index in [-0.39, 0.29) is 10.8 Å². The molecule has 0 radical (unpaired) electrons. The number of aryl methyl sites for hydroxylation is 1. The second kappa shape index (κ2) is 7.96. The highest BCUT2D eigenvalue weighted by molar-refractivity contribution is 7.89. The highest BCUT2D eigenvalue weighted by Crippen LogP contribution is 2.22. The number of hydrogen-bond acceptors (Lipinski definition) is 5. The maximum absolute atomic E-state index is 12.5. The van der Waals surface area contributed by atoms with E-state index in [1.54, 1.807) is 30.9 Å². The van der Waals surface area contributed by atoms with Crippen molar-refractivity contribution in [3.8, 4) is 5.75 Å². The Morgan fingerprint density at radius 2 is 2.04 bits per heavy atom. The van der Waals surface area contributed by atoms with Crippen molar-refractivity contribution < 1.29 is 22.7 Å². The average molecular weight is 356 g/mol. The molecule has 1 fully saturated rings. The summed E-state index contributed by atoms with van der Waals surface area (Å²) < 4.78 is 38.1. The summed E-state index contributed by atoms with van der Waals surface area (Å²) in [7, 11) is -3.78. The van der Waals surface area contributed by atoms with Gasteiger partial charge in [0.15, 0.2) is 0 Å². The van der Waals surface area contributed by atoms with Crippen molar-refractivity contribution in [2.45, 2.75) is 31.7 Å². The summed E-state index contributed by atoms with van der Waals surface area (Å²) in [6.45, 7) is 7.62. The number of carbonyl (C=O) groups excluding carboxylic acids is 1. The molecule has 1 aliphatic heterocycles. The Bertz CT molecular complexity index is 684. The highest BCUT2D eigenvalue weighted by atomic mass is 32.2. The fourth-order valence-corrected chi connectivity index (χ4v) is 3.80. The molecule has 0 spiro atoms. The molecule has 0 bridgehead atoms. The molecule has 7 nitrogen and oxygen atoms in total. The number of benzene rings is 1. The Morgan fingerprint density at radius 1 is 1.38 bits per heavy atom. The van der Waals surface area contributed by atoms with Crippen molar-refractivity contribution in [3.63, 3.8) is 0 Å². The Morgan fingerprint density at radius 3 is 2.62 bits per heavy atom. The SMILES string of the molecule is CCOc1ccc(S(=O)(=O)N[C@H](C)C(=O)N2CCOCC2)cc1C. The third kappa shape index (κ3) is 4.46. The Hall–Kier alpha value is -1.64. The first-order valence-corrected chi connectivity index (χ1v) is 9.45. The molecule has 2 rings (SSSR count). The lowest BCUT2D eigenvalue weighted by Crippen LogP contribution is -2.50. The van der Waals surface area contributed by atoms with E-state index in [9.17, 15) is 13.2 Å². The molecule has 1 aromatic rings. The molecule has 1 amide bonds. The fraction of sp³-hybridized carbons (Fsp3) is 0.562. The van der Waals surface area contributed by atoms with E-state index in [4.69, 9.17) is 9.47 Å². The summed E-state index contributed by atoms with van der Waals surface area (Å²) in [5.74, 6) is 0.401. The van der Waals surface area contributed by atoms with E-state index in [2.05, 4.69) is 4.72 Å². The lowest BCUT2D eigenvalue weighted by molar-refractivity contribution is -0.136. The van der Waals surface area contributed by atoms with Gasteiger partial charge < -0.3 is 14.4 Å². The number of hydrogen-bond donors (Lipinski definition) is 1. The molecule has 0 aliphatic carbocycles. The van der Waals surface area contributed by atoms with Crippen LogP contribution < -0.4 is 9.46 Å². The summed E-state index contributed by atoms with van der Waals surface area (Å²) >= 11 is 0. The first kappa shape index (κ1) is 18.7. The Kier molecular flexibility index (Phi) is 6.20. The van der Waals surface area contributed by atoms with Gasteiger partial charge in [-0.25, -0.2) is 8.42 Å². The van der Waals surface area contributed by atoms with Gasteiger partial charge in [-0.3, -0.25) is 4.79 Å².